The number of ether oxygens (including phenoxy) is 3. The molecule has 0 heterocycles. The third-order valence-electron chi connectivity index (χ3n) is 3.22. The number of hydrogen-bond acceptors (Lipinski definition) is 5. The van der Waals surface area contributed by atoms with Crippen LogP contribution in [0.4, 0.5) is 0 Å². The average Bonchev–Trinajstić information content (AvgIpc) is 2.59. The molecule has 2 aromatic carbocycles. The van der Waals surface area contributed by atoms with E-state index in [9.17, 15) is 9.59 Å². The van der Waals surface area contributed by atoms with E-state index >= 15 is 0 Å². The van der Waals surface area contributed by atoms with Gasteiger partial charge in [-0.05, 0) is 24.3 Å². The second kappa shape index (κ2) is 6.76. The van der Waals surface area contributed by atoms with E-state index in [1.807, 2.05) is 0 Å². The predicted octanol–water partition coefficient (Wildman–Crippen LogP) is 2.72. The number of methoxy groups -OCH3 is 3. The third kappa shape index (κ3) is 3.09. The Hall–Kier alpha value is -2.82. The van der Waals surface area contributed by atoms with Crippen molar-refractivity contribution in [2.45, 2.75) is 0 Å². The summed E-state index contributed by atoms with van der Waals surface area (Å²) < 4.78 is 15.0. The van der Waals surface area contributed by atoms with Crippen LogP contribution in [-0.2, 0) is 4.74 Å². The molecule has 0 spiro atoms. The predicted molar refractivity (Wildman–Crippen MR) is 80.8 cm³/mol. The first-order valence-corrected chi connectivity index (χ1v) is 6.55. The van der Waals surface area contributed by atoms with Gasteiger partial charge in [-0.1, -0.05) is 12.1 Å². The first kappa shape index (κ1) is 15.6. The zero-order chi connectivity index (χ0) is 16.1. The van der Waals surface area contributed by atoms with Crippen LogP contribution in [-0.4, -0.2) is 33.1 Å². The van der Waals surface area contributed by atoms with E-state index < -0.39 is 5.97 Å². The summed E-state index contributed by atoms with van der Waals surface area (Å²) in [6.45, 7) is 0. The normalized spacial score (nSPS) is 9.95. The summed E-state index contributed by atoms with van der Waals surface area (Å²) in [7, 11) is 4.34. The minimum absolute atomic E-state index is 0.198. The second-order valence-electron chi connectivity index (χ2n) is 4.46. The maximum Gasteiger partial charge on any atom is 0.337 e. The van der Waals surface area contributed by atoms with Crippen LogP contribution >= 0.6 is 0 Å². The van der Waals surface area contributed by atoms with Crippen molar-refractivity contribution in [1.82, 2.24) is 0 Å². The van der Waals surface area contributed by atoms with Gasteiger partial charge in [0.15, 0.2) is 5.78 Å². The van der Waals surface area contributed by atoms with Crippen LogP contribution in [0.15, 0.2) is 42.5 Å². The Morgan fingerprint density at radius 3 is 2.00 bits per heavy atom. The lowest BCUT2D eigenvalue weighted by molar-refractivity contribution is 0.0600. The molecule has 0 unspecified atom stereocenters. The molecule has 0 aliphatic rings. The number of benzene rings is 2. The van der Waals surface area contributed by atoms with Gasteiger partial charge in [0, 0.05) is 11.6 Å². The molecule has 0 radical (unpaired) electrons. The monoisotopic (exact) mass is 300 g/mol. The van der Waals surface area contributed by atoms with Gasteiger partial charge in [0.2, 0.25) is 0 Å². The number of carbonyl (C=O) groups is 2. The van der Waals surface area contributed by atoms with Crippen LogP contribution in [0.2, 0.25) is 0 Å². The molecule has 0 amide bonds. The topological polar surface area (TPSA) is 61.8 Å². The van der Waals surface area contributed by atoms with E-state index in [1.54, 1.807) is 49.6 Å². The maximum atomic E-state index is 12.5. The highest BCUT2D eigenvalue weighted by atomic mass is 16.5. The van der Waals surface area contributed by atoms with Crippen molar-refractivity contribution in [3.05, 3.63) is 59.2 Å². The quantitative estimate of drug-likeness (QED) is 0.627. The fourth-order valence-corrected chi connectivity index (χ4v) is 2.02. The molecule has 2 rings (SSSR count). The molecule has 0 atom stereocenters. The summed E-state index contributed by atoms with van der Waals surface area (Å²) in [4.78, 5) is 23.9. The Bertz CT molecular complexity index is 689. The fraction of sp³-hybridized carbons (Fsp3) is 0.176. The molecule has 0 aliphatic carbocycles. The largest absolute Gasteiger partial charge is 0.497 e. The van der Waals surface area contributed by atoms with E-state index in [4.69, 9.17) is 9.47 Å². The van der Waals surface area contributed by atoms with E-state index in [0.29, 0.717) is 28.2 Å². The van der Waals surface area contributed by atoms with Gasteiger partial charge in [0.25, 0.3) is 0 Å². The number of carbonyl (C=O) groups excluding carboxylic acids is 2. The summed E-state index contributed by atoms with van der Waals surface area (Å²) in [6.07, 6.45) is 0. The number of esters is 1. The zero-order valence-electron chi connectivity index (χ0n) is 12.6. The van der Waals surface area contributed by atoms with Crippen LogP contribution in [0.5, 0.6) is 11.5 Å². The number of rotatable bonds is 5. The third-order valence-corrected chi connectivity index (χ3v) is 3.22. The van der Waals surface area contributed by atoms with E-state index in [2.05, 4.69) is 4.74 Å². The molecule has 2 aromatic rings. The SMILES string of the molecule is COC(=O)c1ccc(C(=O)c2ccc(OC)cc2OC)cc1. The lowest BCUT2D eigenvalue weighted by atomic mass is 10.0. The summed E-state index contributed by atoms with van der Waals surface area (Å²) in [5, 5.41) is 0. The molecule has 22 heavy (non-hydrogen) atoms. The molecular formula is C17H16O5. The Kier molecular flexibility index (Phi) is 4.78. The van der Waals surface area contributed by atoms with E-state index in [1.165, 1.54) is 14.2 Å². The minimum atomic E-state index is -0.443. The highest BCUT2D eigenvalue weighted by Gasteiger charge is 2.16. The van der Waals surface area contributed by atoms with Crippen LogP contribution in [0.3, 0.4) is 0 Å². The molecule has 0 aromatic heterocycles. The van der Waals surface area contributed by atoms with Crippen molar-refractivity contribution in [2.24, 2.45) is 0 Å². The first-order chi connectivity index (χ1) is 10.6. The van der Waals surface area contributed by atoms with Crippen LogP contribution in [0.25, 0.3) is 0 Å². The molecule has 5 heteroatoms. The highest BCUT2D eigenvalue weighted by molar-refractivity contribution is 6.11. The molecule has 0 bridgehead atoms. The van der Waals surface area contributed by atoms with Gasteiger partial charge >= 0.3 is 5.97 Å². The van der Waals surface area contributed by atoms with E-state index in [-0.39, 0.29) is 5.78 Å². The van der Waals surface area contributed by atoms with E-state index in [0.717, 1.165) is 0 Å². The lowest BCUT2D eigenvalue weighted by Crippen LogP contribution is -2.06. The lowest BCUT2D eigenvalue weighted by Gasteiger charge is -2.10. The molecule has 0 saturated carbocycles. The van der Waals surface area contributed by atoms with Gasteiger partial charge in [-0.2, -0.15) is 0 Å². The summed E-state index contributed by atoms with van der Waals surface area (Å²) >= 11 is 0. The van der Waals surface area contributed by atoms with Crippen molar-refractivity contribution in [1.29, 1.82) is 0 Å². The molecule has 0 aliphatic heterocycles. The van der Waals surface area contributed by atoms with Crippen molar-refractivity contribution in [3.63, 3.8) is 0 Å². The van der Waals surface area contributed by atoms with Crippen LogP contribution < -0.4 is 9.47 Å². The van der Waals surface area contributed by atoms with Crippen molar-refractivity contribution >= 4 is 11.8 Å². The molecule has 0 fully saturated rings. The number of ketones is 1. The Morgan fingerprint density at radius 2 is 1.45 bits per heavy atom. The minimum Gasteiger partial charge on any atom is -0.497 e. The Balaban J connectivity index is 2.33. The standard InChI is InChI=1S/C17H16O5/c1-20-13-8-9-14(15(10-13)21-2)16(18)11-4-6-12(7-5-11)17(19)22-3/h4-10H,1-3H3. The van der Waals surface area contributed by atoms with Gasteiger partial charge in [-0.3, -0.25) is 4.79 Å². The Labute approximate surface area is 128 Å². The van der Waals surface area contributed by atoms with Crippen LogP contribution in [0, 0.1) is 0 Å². The fourth-order valence-electron chi connectivity index (χ4n) is 2.02. The summed E-state index contributed by atoms with van der Waals surface area (Å²) in [5.41, 5.74) is 1.27. The second-order valence-corrected chi connectivity index (χ2v) is 4.46. The molecular weight excluding hydrogens is 284 g/mol. The maximum absolute atomic E-state index is 12.5. The van der Waals surface area contributed by atoms with Gasteiger partial charge in [0.1, 0.15) is 11.5 Å². The molecule has 5 nitrogen and oxygen atoms in total. The molecule has 0 N–H and O–H groups in total. The molecule has 114 valence electrons. The summed E-state index contributed by atoms with van der Waals surface area (Å²) in [6, 6.07) is 11.3. The average molecular weight is 300 g/mol. The summed E-state index contributed by atoms with van der Waals surface area (Å²) in [5.74, 6) is 0.396. The first-order valence-electron chi connectivity index (χ1n) is 6.55. The van der Waals surface area contributed by atoms with Gasteiger partial charge in [0.05, 0.1) is 32.5 Å². The van der Waals surface area contributed by atoms with Crippen molar-refractivity contribution < 1.29 is 23.8 Å². The molecule has 0 saturated heterocycles. The highest BCUT2D eigenvalue weighted by Crippen LogP contribution is 2.26. The van der Waals surface area contributed by atoms with Crippen molar-refractivity contribution in [3.8, 4) is 11.5 Å². The Morgan fingerprint density at radius 1 is 0.818 bits per heavy atom. The van der Waals surface area contributed by atoms with Crippen molar-refractivity contribution in [2.75, 3.05) is 21.3 Å². The van der Waals surface area contributed by atoms with Gasteiger partial charge in [-0.25, -0.2) is 4.79 Å². The van der Waals surface area contributed by atoms with Gasteiger partial charge < -0.3 is 14.2 Å². The van der Waals surface area contributed by atoms with Gasteiger partial charge in [-0.15, -0.1) is 0 Å². The number of hydrogen-bond donors (Lipinski definition) is 0. The zero-order valence-corrected chi connectivity index (χ0v) is 12.6. The van der Waals surface area contributed by atoms with Crippen LogP contribution in [0.1, 0.15) is 26.3 Å². The smallest absolute Gasteiger partial charge is 0.337 e.